The molecule has 0 aromatic heterocycles. The van der Waals surface area contributed by atoms with Crippen LogP contribution in [0.2, 0.25) is 0 Å². The molecule has 1 aliphatic carbocycles. The fraction of sp³-hybridized carbons (Fsp3) is 0.438. The van der Waals surface area contributed by atoms with Gasteiger partial charge < -0.3 is 5.32 Å². The van der Waals surface area contributed by atoms with Crippen molar-refractivity contribution in [2.75, 3.05) is 6.54 Å². The minimum Gasteiger partial charge on any atom is -0.349 e. The number of imide groups is 1. The Morgan fingerprint density at radius 2 is 1.86 bits per heavy atom. The predicted molar refractivity (Wildman–Crippen MR) is 76.2 cm³/mol. The maximum absolute atomic E-state index is 12.0. The number of benzene rings is 1. The average Bonchev–Trinajstić information content (AvgIpc) is 3.02. The van der Waals surface area contributed by atoms with Gasteiger partial charge in [0.25, 0.3) is 0 Å². The first kappa shape index (κ1) is 13.8. The van der Waals surface area contributed by atoms with E-state index in [2.05, 4.69) is 11.4 Å². The number of hydrogen-bond acceptors (Lipinski definition) is 3. The summed E-state index contributed by atoms with van der Waals surface area (Å²) >= 11 is 0. The van der Waals surface area contributed by atoms with E-state index < -0.39 is 0 Å². The van der Waals surface area contributed by atoms with Gasteiger partial charge in [0.1, 0.15) is 0 Å². The lowest BCUT2D eigenvalue weighted by molar-refractivity contribution is -0.138. The van der Waals surface area contributed by atoms with Crippen LogP contribution in [-0.2, 0) is 20.8 Å². The van der Waals surface area contributed by atoms with Crippen molar-refractivity contribution in [1.82, 2.24) is 10.2 Å². The highest BCUT2D eigenvalue weighted by molar-refractivity contribution is 6.02. The molecule has 5 heteroatoms. The minimum atomic E-state index is -0.168. The summed E-state index contributed by atoms with van der Waals surface area (Å²) < 4.78 is 0. The molecule has 0 saturated carbocycles. The Labute approximate surface area is 123 Å². The van der Waals surface area contributed by atoms with Crippen LogP contribution in [0, 0.1) is 0 Å². The Kier molecular flexibility index (Phi) is 3.73. The molecule has 2 aliphatic rings. The molecule has 1 aromatic rings. The van der Waals surface area contributed by atoms with Gasteiger partial charge in [-0.2, -0.15) is 0 Å². The molecule has 3 amide bonds. The summed E-state index contributed by atoms with van der Waals surface area (Å²) in [5.74, 6) is -0.442. The van der Waals surface area contributed by atoms with Crippen LogP contribution in [0.5, 0.6) is 0 Å². The molecule has 3 rings (SSSR count). The summed E-state index contributed by atoms with van der Waals surface area (Å²) in [4.78, 5) is 36.2. The average molecular weight is 286 g/mol. The number of nitrogens with zero attached hydrogens (tertiary/aromatic N) is 1. The minimum absolute atomic E-state index is 0.0543. The first-order valence-corrected chi connectivity index (χ1v) is 7.35. The highest BCUT2D eigenvalue weighted by Crippen LogP contribution is 2.30. The zero-order valence-corrected chi connectivity index (χ0v) is 11.8. The monoisotopic (exact) mass is 286 g/mol. The Bertz CT molecular complexity index is 581. The third-order valence-electron chi connectivity index (χ3n) is 4.19. The zero-order chi connectivity index (χ0) is 14.8. The second-order valence-corrected chi connectivity index (χ2v) is 5.55. The maximum Gasteiger partial charge on any atom is 0.229 e. The molecule has 1 saturated heterocycles. The van der Waals surface area contributed by atoms with Gasteiger partial charge in [-0.3, -0.25) is 19.3 Å². The van der Waals surface area contributed by atoms with E-state index in [1.54, 1.807) is 0 Å². The van der Waals surface area contributed by atoms with E-state index in [0.29, 0.717) is 0 Å². The lowest BCUT2D eigenvalue weighted by Gasteiger charge is -2.16. The third-order valence-corrected chi connectivity index (χ3v) is 4.19. The van der Waals surface area contributed by atoms with E-state index in [1.807, 2.05) is 18.2 Å². The van der Waals surface area contributed by atoms with Gasteiger partial charge in [-0.15, -0.1) is 0 Å². The van der Waals surface area contributed by atoms with Crippen molar-refractivity contribution < 1.29 is 14.4 Å². The topological polar surface area (TPSA) is 66.5 Å². The molecular formula is C16H18N2O3. The van der Waals surface area contributed by atoms with Crippen molar-refractivity contribution in [2.24, 2.45) is 0 Å². The van der Waals surface area contributed by atoms with Gasteiger partial charge in [0.2, 0.25) is 17.7 Å². The standard InChI is InChI=1S/C16H18N2O3/c19-14(9-10-18-15(20)7-8-16(18)21)17-13-6-5-11-3-1-2-4-12(11)13/h1-4,13H,5-10H2,(H,17,19). The summed E-state index contributed by atoms with van der Waals surface area (Å²) in [5.41, 5.74) is 2.46. The smallest absolute Gasteiger partial charge is 0.229 e. The van der Waals surface area contributed by atoms with Gasteiger partial charge in [-0.1, -0.05) is 24.3 Å². The first-order valence-electron chi connectivity index (χ1n) is 7.35. The quantitative estimate of drug-likeness (QED) is 0.849. The van der Waals surface area contributed by atoms with Gasteiger partial charge in [0.05, 0.1) is 6.04 Å². The summed E-state index contributed by atoms with van der Waals surface area (Å²) in [6.45, 7) is 0.192. The molecule has 1 aromatic carbocycles. The molecule has 0 radical (unpaired) electrons. The molecule has 1 heterocycles. The number of carbonyl (C=O) groups excluding carboxylic acids is 3. The second kappa shape index (κ2) is 5.68. The van der Waals surface area contributed by atoms with Gasteiger partial charge in [0.15, 0.2) is 0 Å². The molecule has 0 spiro atoms. The number of amides is 3. The lowest BCUT2D eigenvalue weighted by atomic mass is 10.1. The molecule has 1 atom stereocenters. The SMILES string of the molecule is O=C(CCN1C(=O)CCC1=O)NC1CCc2ccccc21. The summed E-state index contributed by atoms with van der Waals surface area (Å²) in [7, 11) is 0. The van der Waals surface area contributed by atoms with Crippen molar-refractivity contribution >= 4 is 17.7 Å². The van der Waals surface area contributed by atoms with Crippen molar-refractivity contribution in [3.05, 3.63) is 35.4 Å². The van der Waals surface area contributed by atoms with Crippen LogP contribution in [0.15, 0.2) is 24.3 Å². The molecular weight excluding hydrogens is 268 g/mol. The second-order valence-electron chi connectivity index (χ2n) is 5.55. The van der Waals surface area contributed by atoms with Crippen LogP contribution >= 0.6 is 0 Å². The fourth-order valence-corrected chi connectivity index (χ4v) is 3.06. The van der Waals surface area contributed by atoms with E-state index in [0.717, 1.165) is 12.8 Å². The van der Waals surface area contributed by atoms with E-state index >= 15 is 0 Å². The highest BCUT2D eigenvalue weighted by Gasteiger charge is 2.29. The largest absolute Gasteiger partial charge is 0.349 e. The molecule has 1 unspecified atom stereocenters. The molecule has 110 valence electrons. The molecule has 1 fully saturated rings. The zero-order valence-electron chi connectivity index (χ0n) is 11.8. The van der Waals surface area contributed by atoms with Crippen LogP contribution in [0.25, 0.3) is 0 Å². The number of fused-ring (bicyclic) bond motifs is 1. The van der Waals surface area contributed by atoms with Gasteiger partial charge in [-0.05, 0) is 24.0 Å². The molecule has 1 N–H and O–H groups in total. The molecule has 0 bridgehead atoms. The van der Waals surface area contributed by atoms with Gasteiger partial charge in [0, 0.05) is 25.8 Å². The Morgan fingerprint density at radius 1 is 1.14 bits per heavy atom. The number of aryl methyl sites for hydroxylation is 1. The summed E-state index contributed by atoms with van der Waals surface area (Å²) in [6, 6.07) is 8.17. The number of likely N-dealkylation sites (tertiary alicyclic amines) is 1. The van der Waals surface area contributed by atoms with Gasteiger partial charge >= 0.3 is 0 Å². The van der Waals surface area contributed by atoms with Crippen molar-refractivity contribution in [1.29, 1.82) is 0 Å². The van der Waals surface area contributed by atoms with Crippen LogP contribution in [-0.4, -0.2) is 29.2 Å². The number of carbonyl (C=O) groups is 3. The molecule has 5 nitrogen and oxygen atoms in total. The number of nitrogens with one attached hydrogen (secondary N) is 1. The third kappa shape index (κ3) is 2.82. The predicted octanol–water partition coefficient (Wildman–Crippen LogP) is 1.33. The van der Waals surface area contributed by atoms with E-state index in [-0.39, 0.29) is 49.6 Å². The summed E-state index contributed by atoms with van der Waals surface area (Å²) in [6.07, 6.45) is 2.61. The van der Waals surface area contributed by atoms with E-state index in [1.165, 1.54) is 16.0 Å². The van der Waals surface area contributed by atoms with Crippen LogP contribution in [0.4, 0.5) is 0 Å². The van der Waals surface area contributed by atoms with Crippen molar-refractivity contribution in [3.8, 4) is 0 Å². The normalized spacial score (nSPS) is 20.8. The Hall–Kier alpha value is -2.17. The summed E-state index contributed by atoms with van der Waals surface area (Å²) in [5, 5.41) is 3.00. The maximum atomic E-state index is 12.0. The van der Waals surface area contributed by atoms with E-state index in [9.17, 15) is 14.4 Å². The van der Waals surface area contributed by atoms with Crippen LogP contribution < -0.4 is 5.32 Å². The highest BCUT2D eigenvalue weighted by atomic mass is 16.2. The first-order chi connectivity index (χ1) is 10.1. The van der Waals surface area contributed by atoms with Gasteiger partial charge in [-0.25, -0.2) is 0 Å². The van der Waals surface area contributed by atoms with Crippen molar-refractivity contribution in [2.45, 2.75) is 38.1 Å². The van der Waals surface area contributed by atoms with Crippen molar-refractivity contribution in [3.63, 3.8) is 0 Å². The molecule has 1 aliphatic heterocycles. The number of rotatable bonds is 4. The van der Waals surface area contributed by atoms with E-state index in [4.69, 9.17) is 0 Å². The Balaban J connectivity index is 1.54. The van der Waals surface area contributed by atoms with Crippen LogP contribution in [0.3, 0.4) is 0 Å². The molecule has 21 heavy (non-hydrogen) atoms. The van der Waals surface area contributed by atoms with Crippen LogP contribution in [0.1, 0.15) is 42.9 Å². The fourth-order valence-electron chi connectivity index (χ4n) is 3.06. The number of hydrogen-bond donors (Lipinski definition) is 1. The Morgan fingerprint density at radius 3 is 2.62 bits per heavy atom. The lowest BCUT2D eigenvalue weighted by Crippen LogP contribution is -2.35.